The zero-order chi connectivity index (χ0) is 18.3. The van der Waals surface area contributed by atoms with E-state index in [1.54, 1.807) is 4.90 Å². The molecule has 0 saturated heterocycles. The first-order chi connectivity index (χ1) is 11.4. The fourth-order valence-electron chi connectivity index (χ4n) is 2.31. The number of anilines is 2. The summed E-state index contributed by atoms with van der Waals surface area (Å²) < 4.78 is 4.70. The number of carbonyl (C=O) groups is 1. The SMILES string of the molecule is COC(=O)C(N=C([O-])CN1[C]N(C)c2ccccc21)C(C)C.[Cl][Pd+]. The van der Waals surface area contributed by atoms with Crippen LogP contribution in [0.2, 0.25) is 0 Å². The molecule has 0 saturated carbocycles. The van der Waals surface area contributed by atoms with Crippen molar-refractivity contribution in [2.24, 2.45) is 10.9 Å². The molecule has 1 aromatic rings. The summed E-state index contributed by atoms with van der Waals surface area (Å²) in [6.07, 6.45) is 0. The Balaban J connectivity index is 0.00000139. The van der Waals surface area contributed by atoms with Crippen LogP contribution in [0.3, 0.4) is 0 Å². The Bertz CT molecular complexity index is 583. The van der Waals surface area contributed by atoms with E-state index in [9.17, 15) is 9.90 Å². The van der Waals surface area contributed by atoms with Gasteiger partial charge in [0.1, 0.15) is 6.04 Å². The summed E-state index contributed by atoms with van der Waals surface area (Å²) in [5.74, 6) is -0.963. The third kappa shape index (κ3) is 5.10. The van der Waals surface area contributed by atoms with Crippen LogP contribution in [0, 0.1) is 12.6 Å². The van der Waals surface area contributed by atoms with Gasteiger partial charge in [0, 0.05) is 13.6 Å². The number of esters is 1. The molecule has 1 aliphatic rings. The third-order valence-corrected chi connectivity index (χ3v) is 3.46. The number of fused-ring (bicyclic) bond motifs is 1. The Morgan fingerprint density at radius 1 is 1.38 bits per heavy atom. The van der Waals surface area contributed by atoms with E-state index in [1.807, 2.05) is 50.1 Å². The normalized spacial score (nSPS) is 14.9. The van der Waals surface area contributed by atoms with Crippen LogP contribution in [0.1, 0.15) is 13.8 Å². The molecule has 6 nitrogen and oxygen atoms in total. The molecule has 0 N–H and O–H groups in total. The van der Waals surface area contributed by atoms with Crippen molar-refractivity contribution in [1.29, 1.82) is 0 Å². The molecule has 2 radical (unpaired) electrons. The number of hydrogen-bond acceptors (Lipinski definition) is 6. The Kier molecular flexibility index (Phi) is 8.54. The fourth-order valence-corrected chi connectivity index (χ4v) is 2.31. The third-order valence-electron chi connectivity index (χ3n) is 3.46. The molecular formula is C16H20ClN3O3Pd. The van der Waals surface area contributed by atoms with Gasteiger partial charge in [0.05, 0.1) is 18.5 Å². The minimum atomic E-state index is -0.770. The molecule has 0 aromatic heterocycles. The van der Waals surface area contributed by atoms with Gasteiger partial charge in [0.25, 0.3) is 0 Å². The van der Waals surface area contributed by atoms with Crippen molar-refractivity contribution >= 4 is 32.8 Å². The van der Waals surface area contributed by atoms with Crippen LogP contribution < -0.4 is 14.9 Å². The summed E-state index contributed by atoms with van der Waals surface area (Å²) in [6, 6.07) is 6.93. The maximum absolute atomic E-state index is 12.2. The van der Waals surface area contributed by atoms with Crippen LogP contribution in [0.15, 0.2) is 29.3 Å². The monoisotopic (exact) mass is 443 g/mol. The van der Waals surface area contributed by atoms with Gasteiger partial charge in [-0.3, -0.25) is 4.99 Å². The van der Waals surface area contributed by atoms with Crippen molar-refractivity contribution in [2.45, 2.75) is 19.9 Å². The molecule has 0 fully saturated rings. The predicted octanol–water partition coefficient (Wildman–Crippen LogP) is 1.58. The second kappa shape index (κ2) is 9.88. The van der Waals surface area contributed by atoms with Crippen LogP contribution in [0.25, 0.3) is 0 Å². The van der Waals surface area contributed by atoms with Gasteiger partial charge in [-0.1, -0.05) is 26.0 Å². The van der Waals surface area contributed by atoms with Crippen LogP contribution in [-0.4, -0.2) is 38.6 Å². The predicted molar refractivity (Wildman–Crippen MR) is 89.4 cm³/mol. The molecule has 8 heteroatoms. The van der Waals surface area contributed by atoms with E-state index in [2.05, 4.69) is 39.4 Å². The molecule has 2 rings (SSSR count). The van der Waals surface area contributed by atoms with Crippen LogP contribution >= 0.6 is 9.53 Å². The van der Waals surface area contributed by atoms with Gasteiger partial charge in [-0.2, -0.15) is 0 Å². The molecule has 24 heavy (non-hydrogen) atoms. The molecule has 1 aliphatic heterocycles. The maximum atomic E-state index is 12.2. The Labute approximate surface area is 157 Å². The van der Waals surface area contributed by atoms with E-state index < -0.39 is 12.0 Å². The number of para-hydroxylation sites is 2. The Hall–Kier alpha value is -1.29. The number of methoxy groups -OCH3 is 1. The molecule has 0 bridgehead atoms. The van der Waals surface area contributed by atoms with Crippen molar-refractivity contribution in [3.63, 3.8) is 0 Å². The number of benzene rings is 1. The van der Waals surface area contributed by atoms with Gasteiger partial charge in [-0.25, -0.2) is 4.79 Å². The number of ether oxygens (including phenoxy) is 1. The first kappa shape index (κ1) is 20.8. The van der Waals surface area contributed by atoms with Gasteiger partial charge < -0.3 is 19.6 Å². The molecule has 1 aromatic carbocycles. The van der Waals surface area contributed by atoms with Crippen molar-refractivity contribution < 1.29 is 32.8 Å². The zero-order valence-corrected chi connectivity index (χ0v) is 16.2. The molecule has 134 valence electrons. The average Bonchev–Trinajstić information content (AvgIpc) is 2.90. The van der Waals surface area contributed by atoms with Crippen LogP contribution in [0.5, 0.6) is 0 Å². The number of rotatable bonds is 5. The number of aliphatic imine (C=N–C) groups is 1. The zero-order valence-electron chi connectivity index (χ0n) is 13.9. The van der Waals surface area contributed by atoms with Crippen LogP contribution in [-0.2, 0) is 27.7 Å². The molecule has 0 spiro atoms. The number of halogens is 1. The number of nitrogens with zero attached hydrogens (tertiary/aromatic N) is 3. The van der Waals surface area contributed by atoms with E-state index >= 15 is 0 Å². The summed E-state index contributed by atoms with van der Waals surface area (Å²) >= 11 is 2.22. The summed E-state index contributed by atoms with van der Waals surface area (Å²) in [5, 5.41) is 12.2. The summed E-state index contributed by atoms with van der Waals surface area (Å²) in [4.78, 5) is 19.2. The standard InChI is InChI=1S/C16H21N3O3.ClH.Pd/c1-11(2)15(16(21)22-4)17-14(20)9-19-10-18(3)12-7-5-6-8-13(12)19;;/h5-8,11,15H,9H2,1-4H3,(H,17,20);1H;/q;;+2/p-2. The van der Waals surface area contributed by atoms with Crippen molar-refractivity contribution in [3.05, 3.63) is 30.9 Å². The van der Waals surface area contributed by atoms with Gasteiger partial charge in [-0.15, -0.1) is 0 Å². The van der Waals surface area contributed by atoms with E-state index in [1.165, 1.54) is 7.11 Å². The van der Waals surface area contributed by atoms with Crippen molar-refractivity contribution in [3.8, 4) is 0 Å². The van der Waals surface area contributed by atoms with Gasteiger partial charge in [-0.05, 0) is 23.9 Å². The average molecular weight is 444 g/mol. The summed E-state index contributed by atoms with van der Waals surface area (Å²) in [5.41, 5.74) is 1.87. The number of carbonyl (C=O) groups excluding carboxylic acids is 1. The number of hydrogen-bond donors (Lipinski definition) is 0. The van der Waals surface area contributed by atoms with E-state index in [0.29, 0.717) is 0 Å². The van der Waals surface area contributed by atoms with Gasteiger partial charge in [0.2, 0.25) is 6.67 Å². The van der Waals surface area contributed by atoms with Crippen molar-refractivity contribution in [2.75, 3.05) is 30.5 Å². The van der Waals surface area contributed by atoms with Gasteiger partial charge in [0.15, 0.2) is 0 Å². The van der Waals surface area contributed by atoms with Gasteiger partial charge >= 0.3 is 33.7 Å². The quantitative estimate of drug-likeness (QED) is 0.299. The topological polar surface area (TPSA) is 68.2 Å². The Morgan fingerprint density at radius 3 is 2.50 bits per heavy atom. The molecule has 0 aliphatic carbocycles. The molecule has 1 unspecified atom stereocenters. The first-order valence-electron chi connectivity index (χ1n) is 7.24. The minimum absolute atomic E-state index is 0.0432. The molecule has 1 atom stereocenters. The molecule has 1 heterocycles. The first-order valence-corrected chi connectivity index (χ1v) is 9.24. The fraction of sp³-hybridized carbons (Fsp3) is 0.438. The van der Waals surface area contributed by atoms with Crippen LogP contribution in [0.4, 0.5) is 11.4 Å². The summed E-state index contributed by atoms with van der Waals surface area (Å²) in [6.45, 7) is 6.77. The van der Waals surface area contributed by atoms with E-state index in [-0.39, 0.29) is 18.4 Å². The molecule has 0 amide bonds. The van der Waals surface area contributed by atoms with E-state index in [0.717, 1.165) is 11.4 Å². The molecular weight excluding hydrogens is 424 g/mol. The van der Waals surface area contributed by atoms with Crippen molar-refractivity contribution in [1.82, 2.24) is 0 Å². The summed E-state index contributed by atoms with van der Waals surface area (Å²) in [7, 11) is 7.65. The second-order valence-corrected chi connectivity index (χ2v) is 5.47. The van der Waals surface area contributed by atoms with E-state index in [4.69, 9.17) is 4.74 Å². The Morgan fingerprint density at radius 2 is 1.96 bits per heavy atom. The second-order valence-electron chi connectivity index (χ2n) is 5.47.